The lowest BCUT2D eigenvalue weighted by molar-refractivity contribution is 0.170. The topological polar surface area (TPSA) is 44.6 Å². The molecular formula is C8H18N2O. The van der Waals surface area contributed by atoms with Crippen LogP contribution in [0.2, 0.25) is 0 Å². The molecule has 3 heteroatoms. The first-order valence-electron chi connectivity index (χ1n) is 4.03. The molecule has 0 unspecified atom stereocenters. The zero-order valence-electron chi connectivity index (χ0n) is 7.59. The van der Waals surface area contributed by atoms with Gasteiger partial charge in [0.1, 0.15) is 0 Å². The van der Waals surface area contributed by atoms with Gasteiger partial charge in [-0.3, -0.25) is 4.99 Å². The van der Waals surface area contributed by atoms with Crippen molar-refractivity contribution in [1.29, 1.82) is 0 Å². The van der Waals surface area contributed by atoms with E-state index in [1.165, 1.54) is 0 Å². The third-order valence-corrected chi connectivity index (χ3v) is 1.31. The van der Waals surface area contributed by atoms with Crippen LogP contribution in [0, 0.1) is 5.92 Å². The van der Waals surface area contributed by atoms with Crippen molar-refractivity contribution in [3.8, 4) is 0 Å². The first-order chi connectivity index (χ1) is 5.16. The van der Waals surface area contributed by atoms with Crippen molar-refractivity contribution in [1.82, 2.24) is 5.48 Å². The van der Waals surface area contributed by atoms with Crippen LogP contribution in [0.15, 0.2) is 4.99 Å². The van der Waals surface area contributed by atoms with Crippen molar-refractivity contribution in [2.45, 2.75) is 27.2 Å². The molecule has 0 aliphatic rings. The van der Waals surface area contributed by atoms with E-state index in [2.05, 4.69) is 24.3 Å². The van der Waals surface area contributed by atoms with Gasteiger partial charge in [-0.1, -0.05) is 13.8 Å². The van der Waals surface area contributed by atoms with Crippen LogP contribution in [-0.4, -0.2) is 24.0 Å². The minimum Gasteiger partial charge on any atom is -0.317 e. The number of nitrogens with one attached hydrogen (secondary N) is 1. The van der Waals surface area contributed by atoms with Gasteiger partial charge in [0.25, 0.3) is 0 Å². The van der Waals surface area contributed by atoms with Gasteiger partial charge in [0.2, 0.25) is 0 Å². The molecule has 0 saturated carbocycles. The third-order valence-electron chi connectivity index (χ3n) is 1.31. The lowest BCUT2D eigenvalue weighted by atomic mass is 10.1. The van der Waals surface area contributed by atoms with E-state index in [0.717, 1.165) is 12.1 Å². The monoisotopic (exact) mass is 158 g/mol. The number of rotatable bonds is 5. The lowest BCUT2D eigenvalue weighted by Gasteiger charge is -2.03. The highest BCUT2D eigenvalue weighted by atomic mass is 16.5. The Kier molecular flexibility index (Phi) is 6.07. The lowest BCUT2D eigenvalue weighted by Crippen LogP contribution is -2.12. The summed E-state index contributed by atoms with van der Waals surface area (Å²) >= 11 is 0. The summed E-state index contributed by atoms with van der Waals surface area (Å²) in [5.41, 5.74) is 3.23. The van der Waals surface area contributed by atoms with E-state index in [1.54, 1.807) is 0 Å². The van der Waals surface area contributed by atoms with E-state index >= 15 is 0 Å². The number of hydroxylamine groups is 1. The van der Waals surface area contributed by atoms with Gasteiger partial charge in [-0.2, -0.15) is 0 Å². The Morgan fingerprint density at radius 2 is 2.18 bits per heavy atom. The molecule has 0 aliphatic heterocycles. The van der Waals surface area contributed by atoms with Crippen LogP contribution >= 0.6 is 0 Å². The van der Waals surface area contributed by atoms with Crippen LogP contribution in [0.3, 0.4) is 0 Å². The molecule has 0 fully saturated rings. The van der Waals surface area contributed by atoms with Crippen molar-refractivity contribution in [3.05, 3.63) is 0 Å². The number of hydrogen-bond donors (Lipinski definition) is 2. The molecule has 0 saturated heterocycles. The van der Waals surface area contributed by atoms with Crippen molar-refractivity contribution < 1.29 is 5.21 Å². The summed E-state index contributed by atoms with van der Waals surface area (Å²) in [6.07, 6.45) is 1.05. The maximum atomic E-state index is 8.24. The highest BCUT2D eigenvalue weighted by molar-refractivity contribution is 5.82. The molecule has 66 valence electrons. The average molecular weight is 158 g/mol. The van der Waals surface area contributed by atoms with Crippen LogP contribution in [0.4, 0.5) is 0 Å². The molecule has 0 aliphatic carbocycles. The Labute approximate surface area is 68.5 Å². The van der Waals surface area contributed by atoms with Gasteiger partial charge in [-0.05, 0) is 19.3 Å². The first-order valence-corrected chi connectivity index (χ1v) is 4.03. The Morgan fingerprint density at radius 3 is 2.64 bits per heavy atom. The second kappa shape index (κ2) is 6.31. The highest BCUT2D eigenvalue weighted by Gasteiger charge is 1.95. The normalized spacial score (nSPS) is 12.6. The molecule has 11 heavy (non-hydrogen) atoms. The standard InChI is InChI=1S/C8H18N2O/c1-7(2)6-8(3)9-4-5-10-11/h7,10-11H,4-6H2,1-3H3/b9-8+. The molecule has 0 heterocycles. The predicted octanol–water partition coefficient (Wildman–Crippen LogP) is 1.47. The fourth-order valence-electron chi connectivity index (χ4n) is 0.952. The first kappa shape index (κ1) is 10.6. The average Bonchev–Trinajstić information content (AvgIpc) is 1.86. The Bertz CT molecular complexity index is 121. The van der Waals surface area contributed by atoms with Crippen molar-refractivity contribution in [2.75, 3.05) is 13.1 Å². The summed E-state index contributed by atoms with van der Waals surface area (Å²) in [6, 6.07) is 0. The van der Waals surface area contributed by atoms with E-state index in [0.29, 0.717) is 19.0 Å². The van der Waals surface area contributed by atoms with E-state index in [-0.39, 0.29) is 0 Å². The van der Waals surface area contributed by atoms with Gasteiger partial charge in [0.05, 0.1) is 6.54 Å². The fraction of sp³-hybridized carbons (Fsp3) is 0.875. The molecule has 0 amide bonds. The van der Waals surface area contributed by atoms with Crippen LogP contribution in [-0.2, 0) is 0 Å². The van der Waals surface area contributed by atoms with Crippen molar-refractivity contribution >= 4 is 5.71 Å². The zero-order chi connectivity index (χ0) is 8.69. The molecule has 0 spiro atoms. The second-order valence-corrected chi connectivity index (χ2v) is 3.12. The SMILES string of the molecule is C/C(CC(C)C)=N\CCNO. The highest BCUT2D eigenvalue weighted by Crippen LogP contribution is 2.00. The van der Waals surface area contributed by atoms with Gasteiger partial charge in [0, 0.05) is 12.3 Å². The van der Waals surface area contributed by atoms with Gasteiger partial charge >= 0.3 is 0 Å². The molecule has 0 aromatic heterocycles. The maximum absolute atomic E-state index is 8.24. The maximum Gasteiger partial charge on any atom is 0.0536 e. The van der Waals surface area contributed by atoms with Gasteiger partial charge in [-0.15, -0.1) is 0 Å². The molecule has 0 bridgehead atoms. The summed E-state index contributed by atoms with van der Waals surface area (Å²) < 4.78 is 0. The molecule has 2 N–H and O–H groups in total. The summed E-state index contributed by atoms with van der Waals surface area (Å²) in [7, 11) is 0. The summed E-state index contributed by atoms with van der Waals surface area (Å²) in [5, 5.41) is 8.24. The summed E-state index contributed by atoms with van der Waals surface area (Å²) in [6.45, 7) is 7.56. The van der Waals surface area contributed by atoms with E-state index in [9.17, 15) is 0 Å². The third kappa shape index (κ3) is 7.49. The number of nitrogens with zero attached hydrogens (tertiary/aromatic N) is 1. The molecule has 0 atom stereocenters. The largest absolute Gasteiger partial charge is 0.317 e. The molecule has 0 aromatic carbocycles. The molecule has 3 nitrogen and oxygen atoms in total. The van der Waals surface area contributed by atoms with Gasteiger partial charge in [-0.25, -0.2) is 5.48 Å². The Hall–Kier alpha value is -0.410. The van der Waals surface area contributed by atoms with Crippen molar-refractivity contribution in [2.24, 2.45) is 10.9 Å². The Balaban J connectivity index is 3.46. The molecular weight excluding hydrogens is 140 g/mol. The zero-order valence-corrected chi connectivity index (χ0v) is 7.59. The minimum absolute atomic E-state index is 0.537. The number of hydrogen-bond acceptors (Lipinski definition) is 3. The fourth-order valence-corrected chi connectivity index (χ4v) is 0.952. The number of aliphatic imine (C=N–C) groups is 1. The molecule has 0 radical (unpaired) electrons. The predicted molar refractivity (Wildman–Crippen MR) is 47.2 cm³/mol. The van der Waals surface area contributed by atoms with Crippen LogP contribution in [0.1, 0.15) is 27.2 Å². The van der Waals surface area contributed by atoms with Gasteiger partial charge < -0.3 is 5.21 Å². The van der Waals surface area contributed by atoms with Crippen molar-refractivity contribution in [3.63, 3.8) is 0 Å². The van der Waals surface area contributed by atoms with E-state index in [4.69, 9.17) is 5.21 Å². The van der Waals surface area contributed by atoms with E-state index in [1.807, 2.05) is 6.92 Å². The second-order valence-electron chi connectivity index (χ2n) is 3.12. The van der Waals surface area contributed by atoms with Crippen LogP contribution < -0.4 is 5.48 Å². The van der Waals surface area contributed by atoms with Crippen LogP contribution in [0.25, 0.3) is 0 Å². The summed E-state index contributed by atoms with van der Waals surface area (Å²) in [4.78, 5) is 4.25. The van der Waals surface area contributed by atoms with Crippen LogP contribution in [0.5, 0.6) is 0 Å². The van der Waals surface area contributed by atoms with E-state index < -0.39 is 0 Å². The summed E-state index contributed by atoms with van der Waals surface area (Å²) in [5.74, 6) is 0.667. The Morgan fingerprint density at radius 1 is 1.55 bits per heavy atom. The minimum atomic E-state index is 0.537. The van der Waals surface area contributed by atoms with Gasteiger partial charge in [0.15, 0.2) is 0 Å². The molecule has 0 aromatic rings. The molecule has 0 rings (SSSR count). The quantitative estimate of drug-likeness (QED) is 0.361. The smallest absolute Gasteiger partial charge is 0.0536 e.